The van der Waals surface area contributed by atoms with Gasteiger partial charge in [-0.05, 0) is 48.4 Å². The highest BCUT2D eigenvalue weighted by molar-refractivity contribution is 5.76. The average molecular weight is 356 g/mol. The Hall–Kier alpha value is -2.73. The summed E-state index contributed by atoms with van der Waals surface area (Å²) < 4.78 is 15.8. The van der Waals surface area contributed by atoms with Crippen LogP contribution in [0.15, 0.2) is 42.5 Å². The molecule has 1 heterocycles. The number of nitrogens with one attached hydrogen (secondary N) is 2. The molecule has 138 valence electrons. The molecule has 1 aliphatic heterocycles. The number of hydrogen-bond donors (Lipinski definition) is 2. The zero-order valence-corrected chi connectivity index (χ0v) is 14.9. The fourth-order valence-corrected chi connectivity index (χ4v) is 2.73. The third-order valence-electron chi connectivity index (χ3n) is 4.18. The highest BCUT2D eigenvalue weighted by Crippen LogP contribution is 2.32. The summed E-state index contributed by atoms with van der Waals surface area (Å²) >= 11 is 0. The van der Waals surface area contributed by atoms with Gasteiger partial charge in [-0.3, -0.25) is 4.79 Å². The smallest absolute Gasteiger partial charge is 0.231 e. The van der Waals surface area contributed by atoms with Gasteiger partial charge in [-0.15, -0.1) is 0 Å². The second kappa shape index (κ2) is 9.10. The summed E-state index contributed by atoms with van der Waals surface area (Å²) in [5.41, 5.74) is 2.21. The number of ether oxygens (including phenoxy) is 3. The van der Waals surface area contributed by atoms with Gasteiger partial charge in [0, 0.05) is 19.5 Å². The lowest BCUT2D eigenvalue weighted by atomic mass is 10.1. The first kappa shape index (κ1) is 18.1. The van der Waals surface area contributed by atoms with Crippen LogP contribution in [0.5, 0.6) is 17.2 Å². The van der Waals surface area contributed by atoms with Crippen molar-refractivity contribution in [3.63, 3.8) is 0 Å². The first-order valence-electron chi connectivity index (χ1n) is 8.73. The second-order valence-corrected chi connectivity index (χ2v) is 6.07. The number of hydrogen-bond acceptors (Lipinski definition) is 5. The Kier molecular flexibility index (Phi) is 6.33. The Balaban J connectivity index is 1.30. The molecule has 1 aliphatic rings. The Morgan fingerprint density at radius 2 is 1.96 bits per heavy atom. The predicted octanol–water partition coefficient (Wildman–Crippen LogP) is 2.26. The van der Waals surface area contributed by atoms with Crippen molar-refractivity contribution in [3.8, 4) is 17.2 Å². The summed E-state index contributed by atoms with van der Waals surface area (Å²) in [6, 6.07) is 13.7. The normalized spacial score (nSPS) is 12.0. The van der Waals surface area contributed by atoms with Crippen molar-refractivity contribution in [1.29, 1.82) is 0 Å². The van der Waals surface area contributed by atoms with Crippen LogP contribution < -0.4 is 24.8 Å². The van der Waals surface area contributed by atoms with Gasteiger partial charge in [0.2, 0.25) is 12.7 Å². The van der Waals surface area contributed by atoms with E-state index >= 15 is 0 Å². The molecular weight excluding hydrogens is 332 g/mol. The molecule has 2 aromatic carbocycles. The van der Waals surface area contributed by atoms with E-state index < -0.39 is 0 Å². The summed E-state index contributed by atoms with van der Waals surface area (Å²) in [4.78, 5) is 11.9. The third-order valence-corrected chi connectivity index (χ3v) is 4.18. The quantitative estimate of drug-likeness (QED) is 0.675. The maximum Gasteiger partial charge on any atom is 0.231 e. The van der Waals surface area contributed by atoms with E-state index in [0.717, 1.165) is 35.8 Å². The van der Waals surface area contributed by atoms with Gasteiger partial charge < -0.3 is 24.8 Å². The average Bonchev–Trinajstić information content (AvgIpc) is 3.14. The van der Waals surface area contributed by atoms with Crippen LogP contribution in [0.2, 0.25) is 0 Å². The molecule has 0 bridgehead atoms. The molecule has 6 nitrogen and oxygen atoms in total. The predicted molar refractivity (Wildman–Crippen MR) is 98.6 cm³/mol. The number of fused-ring (bicyclic) bond motifs is 1. The van der Waals surface area contributed by atoms with Crippen LogP contribution in [-0.2, 0) is 17.8 Å². The van der Waals surface area contributed by atoms with E-state index in [1.54, 1.807) is 7.11 Å². The zero-order chi connectivity index (χ0) is 18.2. The molecule has 1 amide bonds. The van der Waals surface area contributed by atoms with Gasteiger partial charge in [0.05, 0.1) is 7.11 Å². The van der Waals surface area contributed by atoms with Crippen LogP contribution in [-0.4, -0.2) is 32.9 Å². The fraction of sp³-hybridized carbons (Fsp3) is 0.350. The second-order valence-electron chi connectivity index (χ2n) is 6.07. The Bertz CT molecular complexity index is 748. The molecule has 0 spiro atoms. The molecule has 0 fully saturated rings. The number of carbonyl (C=O) groups is 1. The van der Waals surface area contributed by atoms with Crippen LogP contribution in [0.3, 0.4) is 0 Å². The van der Waals surface area contributed by atoms with Gasteiger partial charge in [0.25, 0.3) is 0 Å². The van der Waals surface area contributed by atoms with Crippen LogP contribution in [0, 0.1) is 0 Å². The van der Waals surface area contributed by atoms with Crippen molar-refractivity contribution in [2.45, 2.75) is 19.4 Å². The molecular formula is C20H24N2O4. The molecule has 2 N–H and O–H groups in total. The van der Waals surface area contributed by atoms with E-state index in [9.17, 15) is 4.79 Å². The largest absolute Gasteiger partial charge is 0.497 e. The van der Waals surface area contributed by atoms with E-state index in [-0.39, 0.29) is 12.7 Å². The Morgan fingerprint density at radius 3 is 2.85 bits per heavy atom. The number of rotatable bonds is 9. The molecule has 3 rings (SSSR count). The van der Waals surface area contributed by atoms with E-state index in [1.165, 1.54) is 5.56 Å². The van der Waals surface area contributed by atoms with E-state index in [0.29, 0.717) is 19.5 Å². The van der Waals surface area contributed by atoms with Crippen LogP contribution >= 0.6 is 0 Å². The number of carbonyl (C=O) groups excluding carboxylic acids is 1. The van der Waals surface area contributed by atoms with Crippen molar-refractivity contribution in [1.82, 2.24) is 10.6 Å². The fourth-order valence-electron chi connectivity index (χ4n) is 2.73. The lowest BCUT2D eigenvalue weighted by Gasteiger charge is -2.08. The topological polar surface area (TPSA) is 68.8 Å². The molecule has 0 aliphatic carbocycles. The first-order valence-corrected chi connectivity index (χ1v) is 8.73. The molecule has 0 saturated heterocycles. The summed E-state index contributed by atoms with van der Waals surface area (Å²) in [7, 11) is 1.67. The van der Waals surface area contributed by atoms with Crippen molar-refractivity contribution in [2.75, 3.05) is 27.0 Å². The number of benzene rings is 2. The minimum absolute atomic E-state index is 0.0246. The minimum Gasteiger partial charge on any atom is -0.497 e. The zero-order valence-electron chi connectivity index (χ0n) is 14.9. The summed E-state index contributed by atoms with van der Waals surface area (Å²) in [6.07, 6.45) is 1.35. The van der Waals surface area contributed by atoms with Gasteiger partial charge in [0.1, 0.15) is 5.75 Å². The minimum atomic E-state index is 0.0246. The molecule has 0 radical (unpaired) electrons. The van der Waals surface area contributed by atoms with Crippen LogP contribution in [0.25, 0.3) is 0 Å². The number of amides is 1. The van der Waals surface area contributed by atoms with Crippen molar-refractivity contribution >= 4 is 5.91 Å². The van der Waals surface area contributed by atoms with Crippen molar-refractivity contribution in [3.05, 3.63) is 53.6 Å². The van der Waals surface area contributed by atoms with E-state index in [1.807, 2.05) is 36.4 Å². The summed E-state index contributed by atoms with van der Waals surface area (Å²) in [5.74, 6) is 2.37. The molecule has 0 atom stereocenters. The third kappa shape index (κ3) is 5.13. The monoisotopic (exact) mass is 356 g/mol. The first-order chi connectivity index (χ1) is 12.7. The molecule has 6 heteroatoms. The van der Waals surface area contributed by atoms with Gasteiger partial charge in [0.15, 0.2) is 11.5 Å². The highest BCUT2D eigenvalue weighted by atomic mass is 16.7. The van der Waals surface area contributed by atoms with Gasteiger partial charge in [-0.2, -0.15) is 0 Å². The molecule has 2 aromatic rings. The molecule has 0 aromatic heterocycles. The van der Waals surface area contributed by atoms with Gasteiger partial charge >= 0.3 is 0 Å². The SMILES string of the molecule is COc1cccc(CCNCCC(=O)NCc2ccc3c(c2)OCO3)c1. The van der Waals surface area contributed by atoms with Crippen LogP contribution in [0.4, 0.5) is 0 Å². The molecule has 0 saturated carbocycles. The van der Waals surface area contributed by atoms with Crippen molar-refractivity contribution in [2.24, 2.45) is 0 Å². The van der Waals surface area contributed by atoms with Crippen LogP contribution in [0.1, 0.15) is 17.5 Å². The van der Waals surface area contributed by atoms with Gasteiger partial charge in [-0.1, -0.05) is 18.2 Å². The summed E-state index contributed by atoms with van der Waals surface area (Å²) in [5, 5.41) is 6.22. The van der Waals surface area contributed by atoms with E-state index in [2.05, 4.69) is 16.7 Å². The maximum atomic E-state index is 11.9. The lowest BCUT2D eigenvalue weighted by molar-refractivity contribution is -0.121. The maximum absolute atomic E-state index is 11.9. The summed E-state index contributed by atoms with van der Waals surface area (Å²) in [6.45, 7) is 2.21. The Labute approximate surface area is 153 Å². The van der Waals surface area contributed by atoms with Crippen molar-refractivity contribution < 1.29 is 19.0 Å². The molecule has 26 heavy (non-hydrogen) atoms. The van der Waals surface area contributed by atoms with Gasteiger partial charge in [-0.25, -0.2) is 0 Å². The highest BCUT2D eigenvalue weighted by Gasteiger charge is 2.13. The molecule has 0 unspecified atom stereocenters. The Morgan fingerprint density at radius 1 is 1.08 bits per heavy atom. The number of methoxy groups -OCH3 is 1. The standard InChI is InChI=1S/C20H24N2O4/c1-24-17-4-2-3-15(11-17)7-9-21-10-8-20(23)22-13-16-5-6-18-19(12-16)26-14-25-18/h2-6,11-12,21H,7-10,13-14H2,1H3,(H,22,23). The van der Waals surface area contributed by atoms with E-state index in [4.69, 9.17) is 14.2 Å². The lowest BCUT2D eigenvalue weighted by Crippen LogP contribution is -2.28.